The predicted molar refractivity (Wildman–Crippen MR) is 84.6 cm³/mol. The van der Waals surface area contributed by atoms with Gasteiger partial charge in [0.15, 0.2) is 0 Å². The van der Waals surface area contributed by atoms with Gasteiger partial charge in [-0.1, -0.05) is 23.7 Å². The molecular weight excluding hydrogens is 360 g/mol. The number of halogens is 2. The first kappa shape index (κ1) is 15.5. The molecule has 0 atom stereocenters. The smallest absolute Gasteiger partial charge is 0.269 e. The van der Waals surface area contributed by atoms with E-state index < -0.39 is 4.92 Å². The SMILES string of the molecule is O=C(Cc1ccc([N+](=O)[O-])cc1)Nc1ccc(Br)c(Cl)c1. The van der Waals surface area contributed by atoms with E-state index in [1.165, 1.54) is 12.1 Å². The Bertz CT molecular complexity index is 689. The Morgan fingerprint density at radius 2 is 1.90 bits per heavy atom. The molecule has 0 saturated heterocycles. The fourth-order valence-electron chi connectivity index (χ4n) is 1.70. The minimum absolute atomic E-state index is 0.00107. The monoisotopic (exact) mass is 368 g/mol. The maximum absolute atomic E-state index is 11.9. The number of nitrogens with zero attached hydrogens (tertiary/aromatic N) is 1. The lowest BCUT2D eigenvalue weighted by atomic mass is 10.1. The van der Waals surface area contributed by atoms with Gasteiger partial charge in [-0.2, -0.15) is 0 Å². The standard InChI is InChI=1S/C14H10BrClN2O3/c15-12-6-3-10(8-13(12)16)17-14(19)7-9-1-4-11(5-2-9)18(20)21/h1-6,8H,7H2,(H,17,19). The van der Waals surface area contributed by atoms with E-state index in [1.54, 1.807) is 30.3 Å². The molecule has 0 spiro atoms. The highest BCUT2D eigenvalue weighted by Crippen LogP contribution is 2.25. The first-order chi connectivity index (χ1) is 9.95. The number of anilines is 1. The third-order valence-corrected chi connectivity index (χ3v) is 3.95. The zero-order valence-corrected chi connectivity index (χ0v) is 13.0. The van der Waals surface area contributed by atoms with Crippen LogP contribution in [-0.4, -0.2) is 10.8 Å². The van der Waals surface area contributed by atoms with Crippen molar-refractivity contribution in [3.8, 4) is 0 Å². The van der Waals surface area contributed by atoms with E-state index >= 15 is 0 Å². The van der Waals surface area contributed by atoms with Crippen LogP contribution in [0.2, 0.25) is 5.02 Å². The largest absolute Gasteiger partial charge is 0.326 e. The van der Waals surface area contributed by atoms with Gasteiger partial charge in [0.25, 0.3) is 5.69 Å². The van der Waals surface area contributed by atoms with E-state index in [-0.39, 0.29) is 18.0 Å². The van der Waals surface area contributed by atoms with Crippen LogP contribution in [0.4, 0.5) is 11.4 Å². The zero-order chi connectivity index (χ0) is 15.4. The number of non-ortho nitro benzene ring substituents is 1. The van der Waals surface area contributed by atoms with Crippen LogP contribution in [0.25, 0.3) is 0 Å². The first-order valence-corrected chi connectivity index (χ1v) is 7.11. The molecule has 108 valence electrons. The highest BCUT2D eigenvalue weighted by molar-refractivity contribution is 9.10. The number of nitro groups is 1. The molecule has 0 heterocycles. The summed E-state index contributed by atoms with van der Waals surface area (Å²) in [5.74, 6) is -0.220. The second kappa shape index (κ2) is 6.69. The number of hydrogen-bond donors (Lipinski definition) is 1. The molecule has 0 unspecified atom stereocenters. The highest BCUT2D eigenvalue weighted by Gasteiger charge is 2.08. The van der Waals surface area contributed by atoms with Crippen molar-refractivity contribution in [3.05, 3.63) is 67.6 Å². The lowest BCUT2D eigenvalue weighted by Crippen LogP contribution is -2.14. The van der Waals surface area contributed by atoms with Crippen LogP contribution in [0, 0.1) is 10.1 Å². The number of nitrogens with one attached hydrogen (secondary N) is 1. The van der Waals surface area contributed by atoms with Gasteiger partial charge < -0.3 is 5.32 Å². The van der Waals surface area contributed by atoms with Crippen LogP contribution in [0.5, 0.6) is 0 Å². The summed E-state index contributed by atoms with van der Waals surface area (Å²) in [6, 6.07) is 11.0. The topological polar surface area (TPSA) is 72.2 Å². The quantitative estimate of drug-likeness (QED) is 0.648. The Morgan fingerprint density at radius 1 is 1.24 bits per heavy atom. The van der Waals surface area contributed by atoms with E-state index in [9.17, 15) is 14.9 Å². The number of hydrogen-bond acceptors (Lipinski definition) is 3. The Kier molecular flexibility index (Phi) is 4.93. The van der Waals surface area contributed by atoms with E-state index in [1.807, 2.05) is 0 Å². The molecule has 0 bridgehead atoms. The summed E-state index contributed by atoms with van der Waals surface area (Å²) < 4.78 is 0.748. The summed E-state index contributed by atoms with van der Waals surface area (Å²) in [5, 5.41) is 13.8. The highest BCUT2D eigenvalue weighted by atomic mass is 79.9. The van der Waals surface area contributed by atoms with Crippen molar-refractivity contribution in [3.63, 3.8) is 0 Å². The molecule has 0 aliphatic rings. The van der Waals surface area contributed by atoms with Crippen molar-refractivity contribution < 1.29 is 9.72 Å². The average molecular weight is 370 g/mol. The van der Waals surface area contributed by atoms with E-state index in [4.69, 9.17) is 11.6 Å². The van der Waals surface area contributed by atoms with Gasteiger partial charge in [0.05, 0.1) is 16.4 Å². The van der Waals surface area contributed by atoms with E-state index in [0.29, 0.717) is 16.3 Å². The number of rotatable bonds is 4. The van der Waals surface area contributed by atoms with Gasteiger partial charge in [0.2, 0.25) is 5.91 Å². The van der Waals surface area contributed by atoms with Crippen LogP contribution in [0.3, 0.4) is 0 Å². The molecule has 0 aromatic heterocycles. The maximum atomic E-state index is 11.9. The third-order valence-electron chi connectivity index (χ3n) is 2.72. The molecule has 21 heavy (non-hydrogen) atoms. The molecule has 2 rings (SSSR count). The second-order valence-corrected chi connectivity index (χ2v) is 5.54. The third kappa shape index (κ3) is 4.27. The van der Waals surface area contributed by atoms with Gasteiger partial charge in [0.1, 0.15) is 0 Å². The number of benzene rings is 2. The molecule has 2 aromatic carbocycles. The Labute approximate surface area is 134 Å². The lowest BCUT2D eigenvalue weighted by Gasteiger charge is -2.06. The van der Waals surface area contributed by atoms with Gasteiger partial charge in [-0.3, -0.25) is 14.9 Å². The van der Waals surface area contributed by atoms with Crippen molar-refractivity contribution in [1.29, 1.82) is 0 Å². The van der Waals surface area contributed by atoms with Crippen LogP contribution in [0.1, 0.15) is 5.56 Å². The summed E-state index contributed by atoms with van der Waals surface area (Å²) >= 11 is 9.21. The Balaban J connectivity index is 2.01. The molecule has 0 radical (unpaired) electrons. The lowest BCUT2D eigenvalue weighted by molar-refractivity contribution is -0.384. The Hall–Kier alpha value is -1.92. The van der Waals surface area contributed by atoms with Gasteiger partial charge in [-0.05, 0) is 39.7 Å². The normalized spacial score (nSPS) is 10.2. The zero-order valence-electron chi connectivity index (χ0n) is 10.7. The number of carbonyl (C=O) groups excluding carboxylic acids is 1. The summed E-state index contributed by atoms with van der Waals surface area (Å²) in [5.41, 5.74) is 1.29. The van der Waals surface area contributed by atoms with Crippen molar-refractivity contribution in [1.82, 2.24) is 0 Å². The van der Waals surface area contributed by atoms with Crippen LogP contribution in [0.15, 0.2) is 46.9 Å². The summed E-state index contributed by atoms with van der Waals surface area (Å²) in [6.07, 6.45) is 0.131. The minimum Gasteiger partial charge on any atom is -0.326 e. The van der Waals surface area contributed by atoms with Crippen LogP contribution >= 0.6 is 27.5 Å². The molecule has 0 aliphatic heterocycles. The number of amides is 1. The Morgan fingerprint density at radius 3 is 2.48 bits per heavy atom. The predicted octanol–water partition coefficient (Wildman–Crippen LogP) is 4.19. The van der Waals surface area contributed by atoms with Gasteiger partial charge in [-0.15, -0.1) is 0 Å². The summed E-state index contributed by atoms with van der Waals surface area (Å²) in [7, 11) is 0. The molecule has 1 N–H and O–H groups in total. The summed E-state index contributed by atoms with van der Waals surface area (Å²) in [6.45, 7) is 0. The second-order valence-electron chi connectivity index (χ2n) is 4.28. The molecular formula is C14H10BrClN2O3. The maximum Gasteiger partial charge on any atom is 0.269 e. The molecule has 1 amide bonds. The minimum atomic E-state index is -0.478. The van der Waals surface area contributed by atoms with Gasteiger partial charge in [-0.25, -0.2) is 0 Å². The average Bonchev–Trinajstić information content (AvgIpc) is 2.43. The molecule has 2 aromatic rings. The molecule has 0 saturated carbocycles. The number of nitro benzene ring substituents is 1. The van der Waals surface area contributed by atoms with Gasteiger partial charge in [0, 0.05) is 22.3 Å². The fourth-order valence-corrected chi connectivity index (χ4v) is 2.13. The first-order valence-electron chi connectivity index (χ1n) is 5.94. The van der Waals surface area contributed by atoms with Gasteiger partial charge >= 0.3 is 0 Å². The van der Waals surface area contributed by atoms with Crippen molar-refractivity contribution in [2.75, 3.05) is 5.32 Å². The van der Waals surface area contributed by atoms with Crippen molar-refractivity contribution >= 4 is 44.8 Å². The molecule has 0 aliphatic carbocycles. The van der Waals surface area contributed by atoms with Crippen LogP contribution in [-0.2, 0) is 11.2 Å². The van der Waals surface area contributed by atoms with Crippen LogP contribution < -0.4 is 5.32 Å². The molecule has 5 nitrogen and oxygen atoms in total. The van der Waals surface area contributed by atoms with E-state index in [0.717, 1.165) is 4.47 Å². The van der Waals surface area contributed by atoms with Crippen molar-refractivity contribution in [2.45, 2.75) is 6.42 Å². The number of carbonyl (C=O) groups is 1. The summed E-state index contributed by atoms with van der Waals surface area (Å²) in [4.78, 5) is 22.0. The van der Waals surface area contributed by atoms with Crippen molar-refractivity contribution in [2.24, 2.45) is 0 Å². The van der Waals surface area contributed by atoms with E-state index in [2.05, 4.69) is 21.2 Å². The molecule has 7 heteroatoms. The molecule has 0 fully saturated rings. The fraction of sp³-hybridized carbons (Fsp3) is 0.0714.